The molecule has 3 fully saturated rings. The molecule has 2 bridgehead atoms. The van der Waals surface area contributed by atoms with Gasteiger partial charge in [0, 0.05) is 32.1 Å². The number of hydrogen-bond acceptors (Lipinski definition) is 12. The highest BCUT2D eigenvalue weighted by atomic mass is 16.6. The van der Waals surface area contributed by atoms with E-state index in [0.717, 1.165) is 6.92 Å². The van der Waals surface area contributed by atoms with Crippen LogP contribution in [-0.2, 0) is 42.9 Å². The average molecular weight is 615 g/mol. The van der Waals surface area contributed by atoms with Crippen LogP contribution in [0.3, 0.4) is 0 Å². The van der Waals surface area contributed by atoms with Gasteiger partial charge < -0.3 is 33.9 Å². The van der Waals surface area contributed by atoms with Crippen LogP contribution in [0.5, 0.6) is 0 Å². The number of aliphatic hydroxyl groups excluding tert-OH is 1. The van der Waals surface area contributed by atoms with E-state index in [1.54, 1.807) is 39.0 Å². The summed E-state index contributed by atoms with van der Waals surface area (Å²) < 4.78 is 29.0. The van der Waals surface area contributed by atoms with E-state index in [9.17, 15) is 34.2 Å². The molecule has 1 saturated heterocycles. The zero-order valence-corrected chi connectivity index (χ0v) is 25.5. The Labute approximate surface area is 254 Å². The lowest BCUT2D eigenvalue weighted by Crippen LogP contribution is -2.82. The number of fused-ring (bicyclic) bond motifs is 5. The van der Waals surface area contributed by atoms with Crippen molar-refractivity contribution in [3.8, 4) is 0 Å². The zero-order valence-electron chi connectivity index (χ0n) is 25.5. The molecule has 12 heteroatoms. The molecule has 238 valence electrons. The molecule has 1 aromatic rings. The topological polar surface area (TPSA) is 172 Å². The molecule has 1 heterocycles. The maximum Gasteiger partial charge on any atom is 0.338 e. The lowest BCUT2D eigenvalue weighted by Gasteiger charge is -2.67. The Morgan fingerprint density at radius 1 is 1.05 bits per heavy atom. The van der Waals surface area contributed by atoms with Gasteiger partial charge in [-0.05, 0) is 37.1 Å². The monoisotopic (exact) mass is 614 g/mol. The molecule has 2 saturated carbocycles. The average Bonchev–Trinajstić information content (AvgIpc) is 2.94. The van der Waals surface area contributed by atoms with E-state index in [2.05, 4.69) is 0 Å². The molecule has 5 rings (SSSR count). The first-order valence-corrected chi connectivity index (χ1v) is 14.6. The minimum Gasteiger partial charge on any atom is -0.460 e. The van der Waals surface area contributed by atoms with E-state index in [-0.39, 0.29) is 37.1 Å². The summed E-state index contributed by atoms with van der Waals surface area (Å²) >= 11 is 0. The van der Waals surface area contributed by atoms with Crippen molar-refractivity contribution in [3.63, 3.8) is 0 Å². The van der Waals surface area contributed by atoms with Gasteiger partial charge in [-0.1, -0.05) is 32.0 Å². The fourth-order valence-corrected chi connectivity index (χ4v) is 8.10. The Morgan fingerprint density at radius 2 is 1.70 bits per heavy atom. The third-order valence-electron chi connectivity index (χ3n) is 10.4. The summed E-state index contributed by atoms with van der Waals surface area (Å²) in [7, 11) is 0. The highest BCUT2D eigenvalue weighted by molar-refractivity contribution is 5.95. The summed E-state index contributed by atoms with van der Waals surface area (Å²) in [6, 6.07) is 8.00. The van der Waals surface area contributed by atoms with Crippen LogP contribution >= 0.6 is 0 Å². The van der Waals surface area contributed by atoms with Gasteiger partial charge in [0.2, 0.25) is 0 Å². The smallest absolute Gasteiger partial charge is 0.338 e. The number of rotatable bonds is 6. The van der Waals surface area contributed by atoms with Gasteiger partial charge in [-0.3, -0.25) is 19.2 Å². The lowest BCUT2D eigenvalue weighted by molar-refractivity contribution is -0.345. The first-order chi connectivity index (χ1) is 20.6. The SMILES string of the molecule is CC(=O)O[C@H]1C(=O)[C@]2(C)[C@@H](O)CC3OC[C@@]3(OC(C)=O)[C@H]2[C@H](OC(=O)c2ccccc2)[C@]2(O)C[C@H](OC=O)C(C)=C1C2(C)C. The number of benzene rings is 1. The van der Waals surface area contributed by atoms with Crippen molar-refractivity contribution in [1.82, 2.24) is 0 Å². The standard InChI is InChI=1S/C32H38O12/c1-16-20(41-15-33)13-32(39)27(43-28(38)19-10-8-7-9-11-19)25-30(6,21(36)12-22-31(25,14-40-22)44-18(3)35)26(37)24(42-17(2)34)23(16)29(32,4)5/h7-11,15,20-22,24-25,27,36,39H,12-14H2,1-6H3/t20-,21-,22?,24+,25-,27-,30+,31-,32+/m0/s1. The second-order valence-electron chi connectivity index (χ2n) is 13.0. The highest BCUT2D eigenvalue weighted by Gasteiger charge is 2.78. The van der Waals surface area contributed by atoms with Gasteiger partial charge in [0.25, 0.3) is 6.47 Å². The van der Waals surface area contributed by atoms with Crippen molar-refractivity contribution in [2.45, 2.75) is 96.1 Å². The van der Waals surface area contributed by atoms with Crippen LogP contribution in [0.15, 0.2) is 41.5 Å². The third-order valence-corrected chi connectivity index (χ3v) is 10.4. The van der Waals surface area contributed by atoms with Crippen LogP contribution in [0.2, 0.25) is 0 Å². The predicted octanol–water partition coefficient (Wildman–Crippen LogP) is 1.83. The van der Waals surface area contributed by atoms with Crippen molar-refractivity contribution in [3.05, 3.63) is 47.0 Å². The summed E-state index contributed by atoms with van der Waals surface area (Å²) in [6.07, 6.45) is -7.18. The van der Waals surface area contributed by atoms with Crippen molar-refractivity contribution in [1.29, 1.82) is 0 Å². The van der Waals surface area contributed by atoms with Crippen LogP contribution in [0.4, 0.5) is 0 Å². The molecule has 0 spiro atoms. The van der Waals surface area contributed by atoms with E-state index >= 15 is 0 Å². The van der Waals surface area contributed by atoms with E-state index in [1.807, 2.05) is 0 Å². The number of carbonyl (C=O) groups excluding carboxylic acids is 5. The van der Waals surface area contributed by atoms with E-state index < -0.39 is 82.2 Å². The second-order valence-corrected chi connectivity index (χ2v) is 13.0. The number of ketones is 1. The quantitative estimate of drug-likeness (QED) is 0.206. The number of carbonyl (C=O) groups is 5. The molecule has 12 nitrogen and oxygen atoms in total. The van der Waals surface area contributed by atoms with Crippen LogP contribution in [0.25, 0.3) is 0 Å². The Morgan fingerprint density at radius 3 is 2.25 bits per heavy atom. The zero-order chi connectivity index (χ0) is 32.4. The summed E-state index contributed by atoms with van der Waals surface area (Å²) in [5, 5.41) is 24.8. The Bertz CT molecular complexity index is 1420. The fraction of sp³-hybridized carbons (Fsp3) is 0.594. The largest absolute Gasteiger partial charge is 0.460 e. The van der Waals surface area contributed by atoms with Gasteiger partial charge in [-0.25, -0.2) is 4.79 Å². The maximum atomic E-state index is 14.9. The molecule has 3 aliphatic carbocycles. The van der Waals surface area contributed by atoms with Crippen LogP contribution in [0, 0.1) is 16.7 Å². The van der Waals surface area contributed by atoms with Crippen molar-refractivity contribution in [2.24, 2.45) is 16.7 Å². The Kier molecular flexibility index (Phi) is 7.79. The molecule has 44 heavy (non-hydrogen) atoms. The molecular weight excluding hydrogens is 576 g/mol. The predicted molar refractivity (Wildman–Crippen MR) is 150 cm³/mol. The van der Waals surface area contributed by atoms with E-state index in [4.69, 9.17) is 23.7 Å². The first-order valence-electron chi connectivity index (χ1n) is 14.6. The number of aliphatic hydroxyl groups is 2. The third kappa shape index (κ3) is 4.40. The number of esters is 3. The highest BCUT2D eigenvalue weighted by Crippen LogP contribution is 2.64. The summed E-state index contributed by atoms with van der Waals surface area (Å²) in [5.41, 5.74) is -6.49. The molecule has 0 aromatic heterocycles. The minimum atomic E-state index is -2.14. The molecule has 1 aliphatic heterocycles. The van der Waals surface area contributed by atoms with Crippen LogP contribution < -0.4 is 0 Å². The van der Waals surface area contributed by atoms with Gasteiger partial charge in [0.1, 0.15) is 23.9 Å². The van der Waals surface area contributed by atoms with Crippen molar-refractivity contribution >= 4 is 30.2 Å². The van der Waals surface area contributed by atoms with E-state index in [0.29, 0.717) is 5.57 Å². The van der Waals surface area contributed by atoms with Crippen LogP contribution in [-0.4, -0.2) is 88.7 Å². The van der Waals surface area contributed by atoms with Crippen molar-refractivity contribution < 1.29 is 57.9 Å². The summed E-state index contributed by atoms with van der Waals surface area (Å²) in [6.45, 7) is 8.57. The van der Waals surface area contributed by atoms with E-state index in [1.165, 1.54) is 26.0 Å². The number of ether oxygens (including phenoxy) is 5. The normalized spacial score (nSPS) is 38.9. The molecule has 1 aromatic carbocycles. The van der Waals surface area contributed by atoms with Crippen molar-refractivity contribution in [2.75, 3.05) is 6.61 Å². The lowest BCUT2D eigenvalue weighted by atomic mass is 9.44. The van der Waals surface area contributed by atoms with Gasteiger partial charge in [-0.2, -0.15) is 0 Å². The summed E-state index contributed by atoms with van der Waals surface area (Å²) in [4.78, 5) is 65.5. The molecular formula is C32H38O12. The fourth-order valence-electron chi connectivity index (χ4n) is 8.10. The molecule has 4 aliphatic rings. The number of Topliss-reactive ketones (excluding diaryl/α,β-unsaturated/α-hetero) is 1. The second kappa shape index (κ2) is 10.8. The number of hydrogen-bond donors (Lipinski definition) is 2. The first kappa shape index (κ1) is 31.8. The molecule has 0 amide bonds. The Balaban J connectivity index is 1.86. The Hall–Kier alpha value is -3.61. The van der Waals surface area contributed by atoms with Gasteiger partial charge in [0.15, 0.2) is 17.5 Å². The maximum absolute atomic E-state index is 14.9. The summed E-state index contributed by atoms with van der Waals surface area (Å²) in [5.74, 6) is -4.52. The molecule has 2 N–H and O–H groups in total. The molecule has 9 atom stereocenters. The molecule has 0 radical (unpaired) electrons. The van der Waals surface area contributed by atoms with Crippen LogP contribution in [0.1, 0.15) is 64.7 Å². The van der Waals surface area contributed by atoms with Gasteiger partial charge >= 0.3 is 17.9 Å². The van der Waals surface area contributed by atoms with Gasteiger partial charge in [-0.15, -0.1) is 0 Å². The molecule has 1 unspecified atom stereocenters. The minimum absolute atomic E-state index is 0.130. The van der Waals surface area contributed by atoms with Gasteiger partial charge in [0.05, 0.1) is 29.6 Å².